The number of ether oxygens (including phenoxy) is 4. The van der Waals surface area contributed by atoms with Crippen molar-refractivity contribution >= 4 is 55.2 Å². The van der Waals surface area contributed by atoms with Gasteiger partial charge in [-0.3, -0.25) is 58.1 Å². The van der Waals surface area contributed by atoms with Crippen molar-refractivity contribution in [1.82, 2.24) is 46.0 Å². The molecule has 6 aromatic rings. The molecule has 4 fully saturated rings. The van der Waals surface area contributed by atoms with Crippen molar-refractivity contribution in [2.45, 2.75) is 154 Å². The number of rotatable bonds is 35. The summed E-state index contributed by atoms with van der Waals surface area (Å²) in [6.07, 6.45) is 9.89. The summed E-state index contributed by atoms with van der Waals surface area (Å²) in [4.78, 5) is 117. The Morgan fingerprint density at radius 1 is 0.564 bits per heavy atom. The number of pyridine rings is 2. The van der Waals surface area contributed by atoms with E-state index in [1.54, 1.807) is 62.9 Å². The average molecular weight is 1620 g/mol. The van der Waals surface area contributed by atoms with E-state index in [-0.39, 0.29) is 103 Å². The molecule has 0 spiro atoms. The molecule has 10 rings (SSSR count). The van der Waals surface area contributed by atoms with Gasteiger partial charge in [0.2, 0.25) is 5.91 Å². The number of hydrogen-bond acceptors (Lipinski definition) is 21. The second-order valence-electron chi connectivity index (χ2n) is 27.1. The normalized spacial score (nSPS) is 19.0. The summed E-state index contributed by atoms with van der Waals surface area (Å²) in [7, 11) is 3.75. The van der Waals surface area contributed by atoms with Gasteiger partial charge in [-0.2, -0.15) is 0 Å². The van der Waals surface area contributed by atoms with Crippen LogP contribution in [-0.2, 0) is 86.5 Å². The van der Waals surface area contributed by atoms with E-state index in [0.29, 0.717) is 109 Å². The quantitative estimate of drug-likeness (QED) is 0.0227. The van der Waals surface area contributed by atoms with E-state index in [4.69, 9.17) is 35.1 Å². The van der Waals surface area contributed by atoms with Crippen LogP contribution >= 0.6 is 0 Å². The SMILES string of the molecule is CC(C)C[C@H](CC(=O)[C@H](CCc1ccccc1)NC(=O)c1cc(CN2CCOCC2)on1)C(=O)N[C@@H](Cc1ccncc1)C(=O)[C@@]1(C)CO1.CC(C)C[C@H](CC(=O)[C@H](CCc1ccccc1)NC(=O)c1cc(CN2CCOCC2)on1)C(=O)O.C[C@]1(C(=O)[C@@H](N)Cc2ccncc2)CO1.[3H][B].[U]. The molecule has 101 heavy (non-hydrogen) atoms. The molecule has 25 nitrogen and oxygen atoms in total. The van der Waals surface area contributed by atoms with Crippen LogP contribution in [-0.4, -0.2) is 193 Å². The molecule has 8 atom stereocenters. The van der Waals surface area contributed by atoms with Gasteiger partial charge < -0.3 is 54.8 Å². The van der Waals surface area contributed by atoms with Crippen LogP contribution in [0.3, 0.4) is 0 Å². The molecular formula is C74H97BN10O15U. The van der Waals surface area contributed by atoms with Crippen molar-refractivity contribution in [3.05, 3.63) is 167 Å². The first-order chi connectivity index (χ1) is 48.5. The van der Waals surface area contributed by atoms with Crippen LogP contribution in [0.4, 0.5) is 0 Å². The number of epoxide rings is 2. The number of hydrogen-bond donors (Lipinski definition) is 5. The van der Waals surface area contributed by atoms with Crippen LogP contribution in [0.2, 0.25) is 0 Å². The number of aryl methyl sites for hydroxylation is 2. The number of morpholine rings is 2. The first kappa shape index (κ1) is 80.9. The number of nitrogens with zero attached hydrogens (tertiary/aromatic N) is 6. The number of carboxylic acids is 1. The fourth-order valence-corrected chi connectivity index (χ4v) is 11.8. The second kappa shape index (κ2) is 41.0. The molecule has 2 aromatic carbocycles. The Morgan fingerprint density at radius 3 is 1.37 bits per heavy atom. The molecule has 0 aliphatic carbocycles. The molecule has 0 unspecified atom stereocenters. The van der Waals surface area contributed by atoms with E-state index in [1.807, 2.05) is 100 Å². The van der Waals surface area contributed by atoms with Crippen molar-refractivity contribution in [2.24, 2.45) is 29.4 Å². The molecule has 0 bridgehead atoms. The first-order valence-corrected chi connectivity index (χ1v) is 34.2. The number of aromatic nitrogens is 4. The number of ketones is 4. The fraction of sp³-hybridized carbons (Fsp3) is 0.514. The van der Waals surface area contributed by atoms with Gasteiger partial charge in [-0.25, -0.2) is 0 Å². The minimum atomic E-state index is -0.996. The molecular weight excluding hydrogens is 1520 g/mol. The van der Waals surface area contributed by atoms with Crippen LogP contribution in [0, 0.1) is 54.8 Å². The molecule has 4 aromatic heterocycles. The van der Waals surface area contributed by atoms with E-state index in [2.05, 4.69) is 54.4 Å². The molecule has 4 aliphatic rings. The van der Waals surface area contributed by atoms with Gasteiger partial charge in [-0.05, 0) is 125 Å². The van der Waals surface area contributed by atoms with Crippen molar-refractivity contribution in [3.8, 4) is 0 Å². The number of carboxylic acid groups (broad SMARTS) is 1. The smallest absolute Gasteiger partial charge is 0.306 e. The fourth-order valence-electron chi connectivity index (χ4n) is 11.8. The molecule has 4 aliphatic heterocycles. The van der Waals surface area contributed by atoms with Crippen LogP contribution in [0.1, 0.15) is 135 Å². The van der Waals surface area contributed by atoms with Gasteiger partial charge in [0, 0.05) is 121 Å². The third kappa shape index (κ3) is 27.4. The van der Waals surface area contributed by atoms with Gasteiger partial charge in [0.15, 0.2) is 46.0 Å². The van der Waals surface area contributed by atoms with E-state index < -0.39 is 65.0 Å². The van der Waals surface area contributed by atoms with Crippen LogP contribution in [0.5, 0.6) is 0 Å². The standard InChI is InChI=1S/C37H47N5O7.C26H35N3O6.C11H14N2O2.BH.U/c1-25(2)19-28(35(45)40-31(34(44)37(3)24-48-37)20-27-11-13-38-14-12-27)21-33(43)30(10-9-26-7-5-4-6-8-26)39-36(46)32-22-29(49-41-32)23-42-15-17-47-18-16-42;1-18(2)14-20(26(32)33)15-24(30)22(9-8-19-6-4-3-5-7-19)27-25(31)23-16-21(35-28-23)17-29-10-12-34-13-11-29;1-11(7-15-11)10(14)9(12)6-8-2-4-13-5-3-8;;/h4-8,11-14,22,25,28,30-31H,9-10,15-21,23-24H2,1-3H3,(H,39,46)(H,40,45);3-7,16,18,20,22H,8-15,17H2,1-2H3,(H,27,31)(H,32,33);2-5,9H,6-7,12H2,1H3;1H;/t28-,30+,31+,37-;20-,22+;9-,11+;;/m110../s1/i;;;1T;. The summed E-state index contributed by atoms with van der Waals surface area (Å²) in [6, 6.07) is 26.9. The summed E-state index contributed by atoms with van der Waals surface area (Å²) in [5.74, 6) is -3.33. The molecule has 0 saturated carbocycles. The van der Waals surface area contributed by atoms with Gasteiger partial charge in [-0.15, -0.1) is 0 Å². The Labute approximate surface area is 617 Å². The zero-order chi connectivity index (χ0) is 72.9. The van der Waals surface area contributed by atoms with Crippen LogP contribution in [0.15, 0.2) is 131 Å². The Hall–Kier alpha value is -7.44. The van der Waals surface area contributed by atoms with Crippen LogP contribution in [0.25, 0.3) is 0 Å². The minimum Gasteiger partial charge on any atom is -0.481 e. The van der Waals surface area contributed by atoms with E-state index in [1.165, 1.54) is 0 Å². The topological polar surface area (TPSA) is 347 Å². The number of Topliss-reactive ketones (excluding diaryl/α,β-unsaturated/α-hetero) is 4. The maximum atomic E-state index is 14.0. The zero-order valence-electron chi connectivity index (χ0n) is 59.7. The summed E-state index contributed by atoms with van der Waals surface area (Å²) >= 11 is 0. The van der Waals surface area contributed by atoms with Gasteiger partial charge in [0.1, 0.15) is 11.2 Å². The van der Waals surface area contributed by atoms with Crippen molar-refractivity contribution in [2.75, 3.05) is 65.8 Å². The van der Waals surface area contributed by atoms with Gasteiger partial charge in [-0.1, -0.05) is 98.7 Å². The van der Waals surface area contributed by atoms with E-state index in [9.17, 15) is 43.5 Å². The number of benzene rings is 2. The van der Waals surface area contributed by atoms with Gasteiger partial charge in [0.05, 0.1) is 82.8 Å². The first-order valence-electron chi connectivity index (χ1n) is 34.8. The molecule has 6 N–H and O–H groups in total. The Balaban J connectivity index is 0.000000267. The number of aliphatic carboxylic acids is 1. The summed E-state index contributed by atoms with van der Waals surface area (Å²) in [5.41, 5.74) is 8.38. The predicted molar refractivity (Wildman–Crippen MR) is 372 cm³/mol. The number of nitrogens with two attached hydrogens (primary N) is 1. The molecule has 27 heteroatoms. The number of amides is 3. The second-order valence-corrected chi connectivity index (χ2v) is 27.1. The monoisotopic (exact) mass is 1620 g/mol. The Bertz CT molecular complexity index is 3580. The van der Waals surface area contributed by atoms with E-state index in [0.717, 1.165) is 48.4 Å². The molecule has 8 heterocycles. The summed E-state index contributed by atoms with van der Waals surface area (Å²) in [6.45, 7) is 18.8. The van der Waals surface area contributed by atoms with Crippen molar-refractivity contribution in [1.29, 1.82) is 1.34 Å². The Kier molecular flexibility index (Phi) is 32.8. The van der Waals surface area contributed by atoms with Gasteiger partial charge >= 0.3 is 5.97 Å². The third-order valence-corrected chi connectivity index (χ3v) is 17.8. The zero-order valence-corrected chi connectivity index (χ0v) is 62.9. The maximum absolute atomic E-state index is 14.0. The molecule has 2 radical (unpaired) electrons. The summed E-state index contributed by atoms with van der Waals surface area (Å²) < 4.78 is 37.3. The average Bonchev–Trinajstić information content (AvgIpc) is 1.83. The van der Waals surface area contributed by atoms with Gasteiger partial charge in [0.25, 0.3) is 11.8 Å². The number of carbonyl (C=O) groups is 8. The predicted octanol–water partition coefficient (Wildman–Crippen LogP) is 5.95. The van der Waals surface area contributed by atoms with Crippen molar-refractivity contribution < 1.29 is 103 Å². The molecule has 540 valence electrons. The third-order valence-electron chi connectivity index (χ3n) is 17.8. The molecule has 3 amide bonds. The van der Waals surface area contributed by atoms with Crippen molar-refractivity contribution in [3.63, 3.8) is 0 Å². The van der Waals surface area contributed by atoms with Crippen LogP contribution < -0.4 is 21.7 Å². The molecule has 4 saturated heterocycles. The summed E-state index contributed by atoms with van der Waals surface area (Å²) in [5, 5.41) is 26.1. The number of carbonyl (C=O) groups excluding carboxylic acids is 7. The maximum Gasteiger partial charge on any atom is 0.306 e. The minimum absolute atomic E-state index is 0. The largest absolute Gasteiger partial charge is 0.481 e. The number of nitrogens with one attached hydrogen (secondary N) is 3. The van der Waals surface area contributed by atoms with E-state index >= 15 is 0 Å². The Morgan fingerprint density at radius 2 is 0.960 bits per heavy atom.